The number of carbonyl (C=O) groups excluding carboxylic acids is 1. The van der Waals surface area contributed by atoms with Crippen LogP contribution in [-0.2, 0) is 6.73 Å². The lowest BCUT2D eigenvalue weighted by atomic mass is 10.3. The maximum Gasteiger partial charge on any atom is 0.271 e. The van der Waals surface area contributed by atoms with Gasteiger partial charge in [-0.15, -0.1) is 0 Å². The number of halogens is 1. The number of hydrogen-bond acceptors (Lipinski definition) is 4. The zero-order valence-electron chi connectivity index (χ0n) is 10.6. The Hall–Kier alpha value is -1.66. The molecule has 0 bridgehead atoms. The Morgan fingerprint density at radius 3 is 2.95 bits per heavy atom. The molecule has 20 heavy (non-hydrogen) atoms. The highest BCUT2D eigenvalue weighted by atomic mass is 35.5. The minimum absolute atomic E-state index is 0.184. The van der Waals surface area contributed by atoms with Crippen LogP contribution in [0, 0.1) is 0 Å². The van der Waals surface area contributed by atoms with Gasteiger partial charge in [0.2, 0.25) is 0 Å². The van der Waals surface area contributed by atoms with Crippen LogP contribution in [0.1, 0.15) is 10.5 Å². The van der Waals surface area contributed by atoms with E-state index >= 15 is 0 Å². The number of amides is 1. The molecule has 1 heterocycles. The van der Waals surface area contributed by atoms with Crippen molar-refractivity contribution in [2.24, 2.45) is 0 Å². The summed E-state index contributed by atoms with van der Waals surface area (Å²) >= 11 is 10.0. The number of benzene rings is 1. The van der Waals surface area contributed by atoms with Gasteiger partial charge in [0.15, 0.2) is 6.73 Å². The van der Waals surface area contributed by atoms with E-state index in [1.165, 1.54) is 4.68 Å². The Kier molecular flexibility index (Phi) is 5.31. The van der Waals surface area contributed by atoms with E-state index in [1.807, 2.05) is 12.1 Å². The SMILES string of the molecule is O=C(NCCS)c1ccn(COc2ccccc2Cl)n1. The fraction of sp³-hybridized carbons (Fsp3) is 0.231. The van der Waals surface area contributed by atoms with Crippen molar-refractivity contribution in [1.29, 1.82) is 0 Å². The number of hydrogen-bond donors (Lipinski definition) is 2. The fourth-order valence-corrected chi connectivity index (χ4v) is 1.81. The van der Waals surface area contributed by atoms with Crippen LogP contribution in [0.3, 0.4) is 0 Å². The standard InChI is InChI=1S/C13H14ClN3O2S/c14-10-3-1-2-4-12(10)19-9-17-7-5-11(16-17)13(18)15-6-8-20/h1-5,7,20H,6,8-9H2,(H,15,18). The van der Waals surface area contributed by atoms with E-state index in [2.05, 4.69) is 23.0 Å². The van der Waals surface area contributed by atoms with E-state index in [-0.39, 0.29) is 12.6 Å². The van der Waals surface area contributed by atoms with Gasteiger partial charge in [-0.25, -0.2) is 4.68 Å². The van der Waals surface area contributed by atoms with Gasteiger partial charge in [-0.3, -0.25) is 4.79 Å². The van der Waals surface area contributed by atoms with Crippen LogP contribution in [0.15, 0.2) is 36.5 Å². The first-order valence-electron chi connectivity index (χ1n) is 6.00. The third-order valence-corrected chi connectivity index (χ3v) is 3.00. The maximum atomic E-state index is 11.7. The number of nitrogens with zero attached hydrogens (tertiary/aromatic N) is 2. The monoisotopic (exact) mass is 311 g/mol. The first-order valence-corrected chi connectivity index (χ1v) is 7.01. The third kappa shape index (κ3) is 3.91. The molecule has 106 valence electrons. The van der Waals surface area contributed by atoms with Gasteiger partial charge in [0.1, 0.15) is 11.4 Å². The molecule has 1 aromatic carbocycles. The summed E-state index contributed by atoms with van der Waals surface area (Å²) in [5.41, 5.74) is 0.342. The lowest BCUT2D eigenvalue weighted by molar-refractivity contribution is 0.0949. The van der Waals surface area contributed by atoms with Crippen LogP contribution in [0.5, 0.6) is 5.75 Å². The van der Waals surface area contributed by atoms with Gasteiger partial charge in [-0.1, -0.05) is 23.7 Å². The molecule has 1 aromatic heterocycles. The fourth-order valence-electron chi connectivity index (χ4n) is 1.51. The largest absolute Gasteiger partial charge is 0.470 e. The highest BCUT2D eigenvalue weighted by molar-refractivity contribution is 7.80. The van der Waals surface area contributed by atoms with Crippen molar-refractivity contribution in [3.8, 4) is 5.75 Å². The second kappa shape index (κ2) is 7.21. The molecule has 0 aliphatic rings. The highest BCUT2D eigenvalue weighted by Crippen LogP contribution is 2.23. The molecule has 0 saturated heterocycles. The first kappa shape index (κ1) is 14.7. The summed E-state index contributed by atoms with van der Waals surface area (Å²) in [6, 6.07) is 8.81. The van der Waals surface area contributed by atoms with Crippen LogP contribution in [0.4, 0.5) is 0 Å². The van der Waals surface area contributed by atoms with Gasteiger partial charge in [-0.2, -0.15) is 17.7 Å². The first-order chi connectivity index (χ1) is 9.70. The van der Waals surface area contributed by atoms with Crippen molar-refractivity contribution >= 4 is 30.1 Å². The molecule has 0 spiro atoms. The van der Waals surface area contributed by atoms with Gasteiger partial charge in [0, 0.05) is 18.5 Å². The Balaban J connectivity index is 1.93. The van der Waals surface area contributed by atoms with Crippen molar-refractivity contribution < 1.29 is 9.53 Å². The molecule has 0 radical (unpaired) electrons. The number of aromatic nitrogens is 2. The molecule has 1 amide bonds. The Morgan fingerprint density at radius 2 is 2.20 bits per heavy atom. The molecular formula is C13H14ClN3O2S. The number of carbonyl (C=O) groups is 1. The molecule has 0 aliphatic heterocycles. The number of nitrogens with one attached hydrogen (secondary N) is 1. The van der Waals surface area contributed by atoms with Gasteiger partial charge < -0.3 is 10.1 Å². The molecule has 0 saturated carbocycles. The smallest absolute Gasteiger partial charge is 0.271 e. The maximum absolute atomic E-state index is 11.7. The zero-order valence-corrected chi connectivity index (χ0v) is 12.3. The number of rotatable bonds is 6. The molecule has 0 atom stereocenters. The minimum Gasteiger partial charge on any atom is -0.470 e. The summed E-state index contributed by atoms with van der Waals surface area (Å²) in [4.78, 5) is 11.7. The summed E-state index contributed by atoms with van der Waals surface area (Å²) in [5, 5.41) is 7.34. The van der Waals surface area contributed by atoms with Gasteiger partial charge in [0.05, 0.1) is 5.02 Å². The lowest BCUT2D eigenvalue weighted by Crippen LogP contribution is -2.26. The van der Waals surface area contributed by atoms with E-state index < -0.39 is 0 Å². The predicted octanol–water partition coefficient (Wildman–Crippen LogP) is 2.23. The summed E-state index contributed by atoms with van der Waals surface area (Å²) in [7, 11) is 0. The van der Waals surface area contributed by atoms with Crippen LogP contribution in [-0.4, -0.2) is 28.0 Å². The van der Waals surface area contributed by atoms with E-state index in [0.29, 0.717) is 28.8 Å². The molecule has 2 aromatic rings. The minimum atomic E-state index is -0.226. The molecule has 7 heteroatoms. The molecule has 5 nitrogen and oxygen atoms in total. The van der Waals surface area contributed by atoms with Gasteiger partial charge in [-0.05, 0) is 18.2 Å². The summed E-state index contributed by atoms with van der Waals surface area (Å²) in [5.74, 6) is 0.934. The summed E-state index contributed by atoms with van der Waals surface area (Å²) < 4.78 is 7.05. The van der Waals surface area contributed by atoms with Crippen LogP contribution >= 0.6 is 24.2 Å². The third-order valence-electron chi connectivity index (χ3n) is 2.46. The topological polar surface area (TPSA) is 56.2 Å². The van der Waals surface area contributed by atoms with Crippen LogP contribution in [0.25, 0.3) is 0 Å². The second-order valence-electron chi connectivity index (χ2n) is 3.92. The Morgan fingerprint density at radius 1 is 1.40 bits per heavy atom. The number of para-hydroxylation sites is 1. The highest BCUT2D eigenvalue weighted by Gasteiger charge is 2.08. The van der Waals surface area contributed by atoms with E-state index in [4.69, 9.17) is 16.3 Å². The molecule has 0 fully saturated rings. The molecule has 0 aliphatic carbocycles. The van der Waals surface area contributed by atoms with Crippen molar-refractivity contribution in [2.75, 3.05) is 12.3 Å². The normalized spacial score (nSPS) is 10.3. The summed E-state index contributed by atoms with van der Waals surface area (Å²) in [6.45, 7) is 0.689. The second-order valence-corrected chi connectivity index (χ2v) is 4.78. The lowest BCUT2D eigenvalue weighted by Gasteiger charge is -2.07. The van der Waals surface area contributed by atoms with Crippen molar-refractivity contribution in [2.45, 2.75) is 6.73 Å². The Labute approximate surface area is 127 Å². The average molecular weight is 312 g/mol. The summed E-state index contributed by atoms with van der Waals surface area (Å²) in [6.07, 6.45) is 1.67. The zero-order chi connectivity index (χ0) is 14.4. The van der Waals surface area contributed by atoms with Crippen molar-refractivity contribution in [3.63, 3.8) is 0 Å². The molecule has 1 N–H and O–H groups in total. The van der Waals surface area contributed by atoms with Crippen molar-refractivity contribution in [1.82, 2.24) is 15.1 Å². The number of ether oxygens (including phenoxy) is 1. The van der Waals surface area contributed by atoms with Crippen LogP contribution < -0.4 is 10.1 Å². The average Bonchev–Trinajstić information content (AvgIpc) is 2.93. The van der Waals surface area contributed by atoms with Crippen LogP contribution in [0.2, 0.25) is 5.02 Å². The molecular weight excluding hydrogens is 298 g/mol. The van der Waals surface area contributed by atoms with Gasteiger partial charge >= 0.3 is 0 Å². The van der Waals surface area contributed by atoms with E-state index in [0.717, 1.165) is 0 Å². The molecule has 2 rings (SSSR count). The van der Waals surface area contributed by atoms with E-state index in [9.17, 15) is 4.79 Å². The predicted molar refractivity (Wildman–Crippen MR) is 80.5 cm³/mol. The van der Waals surface area contributed by atoms with E-state index in [1.54, 1.807) is 24.4 Å². The van der Waals surface area contributed by atoms with Crippen molar-refractivity contribution in [3.05, 3.63) is 47.2 Å². The van der Waals surface area contributed by atoms with Gasteiger partial charge in [0.25, 0.3) is 5.91 Å². The Bertz CT molecular complexity index is 589. The number of thiol groups is 1. The molecule has 0 unspecified atom stereocenters. The quantitative estimate of drug-likeness (QED) is 0.804.